The van der Waals surface area contributed by atoms with E-state index in [0.29, 0.717) is 6.42 Å². The lowest BCUT2D eigenvalue weighted by molar-refractivity contribution is 0.164. The predicted octanol–water partition coefficient (Wildman–Crippen LogP) is 2.58. The van der Waals surface area contributed by atoms with Gasteiger partial charge in [0.25, 0.3) is 0 Å². The molecule has 0 fully saturated rings. The normalized spacial score (nSPS) is 12.3. The van der Waals surface area contributed by atoms with Crippen LogP contribution < -0.4 is 0 Å². The minimum atomic E-state index is -0.340. The van der Waals surface area contributed by atoms with Crippen molar-refractivity contribution in [3.05, 3.63) is 59.7 Å². The Morgan fingerprint density at radius 2 is 1.89 bits per heavy atom. The summed E-state index contributed by atoms with van der Waals surface area (Å²) in [6, 6.07) is 8.06. The van der Waals surface area contributed by atoms with Gasteiger partial charge >= 0.3 is 0 Å². The summed E-state index contributed by atoms with van der Waals surface area (Å²) in [5.41, 5.74) is 3.40. The molecule has 0 aromatic carbocycles. The Morgan fingerprint density at radius 1 is 1.11 bits per heavy atom. The van der Waals surface area contributed by atoms with E-state index in [0.717, 1.165) is 25.0 Å². The molecular formula is C16H20N2O. The summed E-state index contributed by atoms with van der Waals surface area (Å²) in [4.78, 5) is 8.36. The monoisotopic (exact) mass is 256 g/mol. The molecule has 0 bridgehead atoms. The highest BCUT2D eigenvalue weighted by molar-refractivity contribution is 5.15. The van der Waals surface area contributed by atoms with Crippen LogP contribution in [0, 0.1) is 0 Å². The third-order valence-electron chi connectivity index (χ3n) is 3.25. The first-order valence-electron chi connectivity index (χ1n) is 6.78. The smallest absolute Gasteiger partial charge is 0.0598 e. The van der Waals surface area contributed by atoms with Crippen molar-refractivity contribution in [1.29, 1.82) is 0 Å². The molecule has 2 heterocycles. The van der Waals surface area contributed by atoms with Crippen molar-refractivity contribution in [2.24, 2.45) is 0 Å². The zero-order valence-electron chi connectivity index (χ0n) is 11.3. The number of aliphatic hydroxyl groups excluding tert-OH is 1. The Kier molecular flexibility index (Phi) is 5.04. The van der Waals surface area contributed by atoms with E-state index in [1.54, 1.807) is 12.4 Å². The number of aryl methyl sites for hydroxylation is 2. The fourth-order valence-electron chi connectivity index (χ4n) is 2.01. The maximum atomic E-state index is 10.0. The SMILES string of the molecule is CCc1ccc(CC(O)CCc2ccncc2)nc1. The van der Waals surface area contributed by atoms with E-state index in [1.807, 2.05) is 24.4 Å². The van der Waals surface area contributed by atoms with Crippen molar-refractivity contribution >= 4 is 0 Å². The van der Waals surface area contributed by atoms with Gasteiger partial charge in [-0.15, -0.1) is 0 Å². The maximum Gasteiger partial charge on any atom is 0.0598 e. The number of nitrogens with zero attached hydrogens (tertiary/aromatic N) is 2. The average Bonchev–Trinajstić information content (AvgIpc) is 2.47. The van der Waals surface area contributed by atoms with Crippen LogP contribution in [0.1, 0.15) is 30.2 Å². The molecule has 0 aliphatic carbocycles. The van der Waals surface area contributed by atoms with Crippen molar-refractivity contribution in [3.63, 3.8) is 0 Å². The number of pyridine rings is 2. The zero-order chi connectivity index (χ0) is 13.5. The van der Waals surface area contributed by atoms with Gasteiger partial charge in [0.05, 0.1) is 6.10 Å². The van der Waals surface area contributed by atoms with Gasteiger partial charge in [0.15, 0.2) is 0 Å². The summed E-state index contributed by atoms with van der Waals surface area (Å²) < 4.78 is 0. The van der Waals surface area contributed by atoms with E-state index in [9.17, 15) is 5.11 Å². The molecule has 3 nitrogen and oxygen atoms in total. The van der Waals surface area contributed by atoms with E-state index < -0.39 is 0 Å². The standard InChI is InChI=1S/C16H20N2O/c1-2-13-3-5-15(18-12-13)11-16(19)6-4-14-7-9-17-10-8-14/h3,5,7-10,12,16,19H,2,4,6,11H2,1H3. The average molecular weight is 256 g/mol. The summed E-state index contributed by atoms with van der Waals surface area (Å²) >= 11 is 0. The van der Waals surface area contributed by atoms with Crippen LogP contribution in [0.4, 0.5) is 0 Å². The van der Waals surface area contributed by atoms with Gasteiger partial charge in [0.1, 0.15) is 0 Å². The van der Waals surface area contributed by atoms with E-state index >= 15 is 0 Å². The molecule has 1 atom stereocenters. The van der Waals surface area contributed by atoms with E-state index in [2.05, 4.69) is 23.0 Å². The summed E-state index contributed by atoms with van der Waals surface area (Å²) in [6.07, 6.45) is 8.36. The largest absolute Gasteiger partial charge is 0.393 e. The molecule has 0 saturated heterocycles. The van der Waals surface area contributed by atoms with Gasteiger partial charge in [-0.1, -0.05) is 13.0 Å². The van der Waals surface area contributed by atoms with Gasteiger partial charge in [-0.05, 0) is 48.6 Å². The molecule has 3 heteroatoms. The maximum absolute atomic E-state index is 10.0. The Balaban J connectivity index is 1.82. The van der Waals surface area contributed by atoms with Crippen LogP contribution in [0.15, 0.2) is 42.9 Å². The predicted molar refractivity (Wildman–Crippen MR) is 75.9 cm³/mol. The third-order valence-corrected chi connectivity index (χ3v) is 3.25. The van der Waals surface area contributed by atoms with Gasteiger partial charge in [-0.25, -0.2) is 0 Å². The van der Waals surface area contributed by atoms with Crippen molar-refractivity contribution in [2.45, 2.75) is 38.7 Å². The van der Waals surface area contributed by atoms with Gasteiger partial charge < -0.3 is 5.11 Å². The van der Waals surface area contributed by atoms with Crippen LogP contribution >= 0.6 is 0 Å². The molecule has 0 saturated carbocycles. The lowest BCUT2D eigenvalue weighted by Crippen LogP contribution is -2.12. The zero-order valence-corrected chi connectivity index (χ0v) is 11.3. The lowest BCUT2D eigenvalue weighted by Gasteiger charge is -2.10. The van der Waals surface area contributed by atoms with E-state index in [1.165, 1.54) is 11.1 Å². The first-order valence-corrected chi connectivity index (χ1v) is 6.78. The van der Waals surface area contributed by atoms with E-state index in [-0.39, 0.29) is 6.10 Å². The van der Waals surface area contributed by atoms with Gasteiger partial charge in [-0.3, -0.25) is 9.97 Å². The fraction of sp³-hybridized carbons (Fsp3) is 0.375. The van der Waals surface area contributed by atoms with Gasteiger partial charge in [0.2, 0.25) is 0 Å². The number of aliphatic hydroxyl groups is 1. The molecule has 2 aromatic rings. The first-order chi connectivity index (χ1) is 9.28. The number of rotatable bonds is 6. The van der Waals surface area contributed by atoms with Crippen LogP contribution in [0.3, 0.4) is 0 Å². The van der Waals surface area contributed by atoms with Crippen molar-refractivity contribution in [3.8, 4) is 0 Å². The highest BCUT2D eigenvalue weighted by Gasteiger charge is 2.07. The lowest BCUT2D eigenvalue weighted by atomic mass is 10.0. The van der Waals surface area contributed by atoms with Crippen LogP contribution in [0.5, 0.6) is 0 Å². The highest BCUT2D eigenvalue weighted by atomic mass is 16.3. The molecule has 2 aromatic heterocycles. The summed E-state index contributed by atoms with van der Waals surface area (Å²) in [5, 5.41) is 10.0. The first kappa shape index (κ1) is 13.7. The van der Waals surface area contributed by atoms with Crippen LogP contribution in [0.2, 0.25) is 0 Å². The molecule has 0 aliphatic heterocycles. The Morgan fingerprint density at radius 3 is 2.53 bits per heavy atom. The van der Waals surface area contributed by atoms with Crippen LogP contribution in [-0.4, -0.2) is 21.2 Å². The van der Waals surface area contributed by atoms with Crippen molar-refractivity contribution in [1.82, 2.24) is 9.97 Å². The van der Waals surface area contributed by atoms with Crippen LogP contribution in [-0.2, 0) is 19.3 Å². The quantitative estimate of drug-likeness (QED) is 0.864. The molecule has 1 unspecified atom stereocenters. The van der Waals surface area contributed by atoms with Crippen molar-refractivity contribution < 1.29 is 5.11 Å². The van der Waals surface area contributed by atoms with Gasteiger partial charge in [-0.2, -0.15) is 0 Å². The molecule has 1 N–H and O–H groups in total. The summed E-state index contributed by atoms with van der Waals surface area (Å²) in [7, 11) is 0. The Hall–Kier alpha value is -1.74. The Labute approximate surface area is 114 Å². The second-order valence-electron chi connectivity index (χ2n) is 4.76. The third kappa shape index (κ3) is 4.45. The number of hydrogen-bond acceptors (Lipinski definition) is 3. The minimum Gasteiger partial charge on any atom is -0.393 e. The highest BCUT2D eigenvalue weighted by Crippen LogP contribution is 2.09. The van der Waals surface area contributed by atoms with Crippen molar-refractivity contribution in [2.75, 3.05) is 0 Å². The summed E-state index contributed by atoms with van der Waals surface area (Å²) in [5.74, 6) is 0. The molecule has 0 radical (unpaired) electrons. The van der Waals surface area contributed by atoms with E-state index in [4.69, 9.17) is 0 Å². The second-order valence-corrected chi connectivity index (χ2v) is 4.76. The Bertz CT molecular complexity index is 482. The topological polar surface area (TPSA) is 46.0 Å². The number of aromatic nitrogens is 2. The van der Waals surface area contributed by atoms with Crippen LogP contribution in [0.25, 0.3) is 0 Å². The second kappa shape index (κ2) is 7.00. The molecule has 19 heavy (non-hydrogen) atoms. The molecule has 0 aliphatic rings. The molecule has 0 amide bonds. The summed E-state index contributed by atoms with van der Waals surface area (Å²) in [6.45, 7) is 2.11. The molecule has 2 rings (SSSR count). The minimum absolute atomic E-state index is 0.340. The van der Waals surface area contributed by atoms with Gasteiger partial charge in [0, 0.05) is 30.7 Å². The molecule has 100 valence electrons. The molecular weight excluding hydrogens is 236 g/mol. The number of hydrogen-bond donors (Lipinski definition) is 1. The fourth-order valence-corrected chi connectivity index (χ4v) is 2.01. The molecule has 0 spiro atoms.